The monoisotopic (exact) mass is 277 g/mol. The van der Waals surface area contributed by atoms with Crippen LogP contribution in [0.15, 0.2) is 30.3 Å². The van der Waals surface area contributed by atoms with Crippen molar-refractivity contribution in [3.05, 3.63) is 35.9 Å². The molecule has 5 nitrogen and oxygen atoms in total. The Morgan fingerprint density at radius 2 is 2.00 bits per heavy atom. The van der Waals surface area contributed by atoms with Gasteiger partial charge in [-0.25, -0.2) is 4.79 Å². The highest BCUT2D eigenvalue weighted by Crippen LogP contribution is 2.19. The molecule has 0 fully saturated rings. The van der Waals surface area contributed by atoms with Crippen molar-refractivity contribution >= 4 is 18.0 Å². The number of ether oxygens (including phenoxy) is 1. The molecular formula is C15H19NO4. The molecule has 0 heterocycles. The van der Waals surface area contributed by atoms with Crippen LogP contribution in [-0.4, -0.2) is 29.1 Å². The summed E-state index contributed by atoms with van der Waals surface area (Å²) in [6.45, 7) is 5.26. The largest absolute Gasteiger partial charge is 0.493 e. The number of hydrogen-bond acceptors (Lipinski definition) is 3. The third-order valence-electron chi connectivity index (χ3n) is 2.60. The molecule has 0 radical (unpaired) electrons. The summed E-state index contributed by atoms with van der Waals surface area (Å²) < 4.78 is 5.43. The van der Waals surface area contributed by atoms with E-state index in [0.717, 1.165) is 5.56 Å². The van der Waals surface area contributed by atoms with Gasteiger partial charge >= 0.3 is 5.97 Å². The summed E-state index contributed by atoms with van der Waals surface area (Å²) in [4.78, 5) is 22.6. The van der Waals surface area contributed by atoms with E-state index in [1.54, 1.807) is 6.08 Å². The van der Waals surface area contributed by atoms with Gasteiger partial charge < -0.3 is 15.2 Å². The van der Waals surface area contributed by atoms with Crippen LogP contribution in [0.3, 0.4) is 0 Å². The quantitative estimate of drug-likeness (QED) is 0.781. The Morgan fingerprint density at radius 3 is 2.60 bits per heavy atom. The van der Waals surface area contributed by atoms with Crippen molar-refractivity contribution in [3.63, 3.8) is 0 Å². The van der Waals surface area contributed by atoms with E-state index < -0.39 is 17.4 Å². The van der Waals surface area contributed by atoms with Crippen molar-refractivity contribution in [3.8, 4) is 5.75 Å². The van der Waals surface area contributed by atoms with Gasteiger partial charge in [0.25, 0.3) is 0 Å². The second-order valence-electron chi connectivity index (χ2n) is 4.72. The van der Waals surface area contributed by atoms with Crippen molar-refractivity contribution in [2.75, 3.05) is 6.61 Å². The molecule has 108 valence electrons. The molecule has 0 spiro atoms. The zero-order valence-corrected chi connectivity index (χ0v) is 11.8. The van der Waals surface area contributed by atoms with Crippen LogP contribution in [0.1, 0.15) is 26.3 Å². The first-order valence-corrected chi connectivity index (χ1v) is 6.32. The Morgan fingerprint density at radius 1 is 1.35 bits per heavy atom. The fourth-order valence-corrected chi connectivity index (χ4v) is 1.47. The van der Waals surface area contributed by atoms with E-state index in [0.29, 0.717) is 12.4 Å². The number of carbonyl (C=O) groups excluding carboxylic acids is 1. The second kappa shape index (κ2) is 6.75. The summed E-state index contributed by atoms with van der Waals surface area (Å²) in [6.07, 6.45) is 2.89. The smallest absolute Gasteiger partial charge is 0.328 e. The molecule has 0 saturated carbocycles. The van der Waals surface area contributed by atoms with Crippen LogP contribution in [0.4, 0.5) is 0 Å². The molecule has 0 aliphatic rings. The van der Waals surface area contributed by atoms with Crippen LogP contribution in [0.5, 0.6) is 5.75 Å². The van der Waals surface area contributed by atoms with Gasteiger partial charge in [0, 0.05) is 11.6 Å². The lowest BCUT2D eigenvalue weighted by Crippen LogP contribution is -2.49. The van der Waals surface area contributed by atoms with Crippen molar-refractivity contribution in [1.82, 2.24) is 5.32 Å². The Balaban J connectivity index is 2.78. The predicted molar refractivity (Wildman–Crippen MR) is 76.5 cm³/mol. The molecule has 1 aromatic rings. The fourth-order valence-electron chi connectivity index (χ4n) is 1.47. The maximum atomic E-state index is 11.7. The lowest BCUT2D eigenvalue weighted by Gasteiger charge is -2.19. The van der Waals surface area contributed by atoms with Gasteiger partial charge in [0.2, 0.25) is 5.91 Å². The van der Waals surface area contributed by atoms with Crippen molar-refractivity contribution in [2.45, 2.75) is 26.3 Å². The highest BCUT2D eigenvalue weighted by molar-refractivity contribution is 5.95. The highest BCUT2D eigenvalue weighted by atomic mass is 16.5. The van der Waals surface area contributed by atoms with Crippen molar-refractivity contribution in [1.29, 1.82) is 0 Å². The number of para-hydroxylation sites is 1. The molecule has 1 aromatic carbocycles. The number of carboxylic acid groups (broad SMARTS) is 1. The van der Waals surface area contributed by atoms with E-state index in [2.05, 4.69) is 5.32 Å². The van der Waals surface area contributed by atoms with Gasteiger partial charge in [0.1, 0.15) is 11.3 Å². The Kier molecular flexibility index (Phi) is 5.32. The average Bonchev–Trinajstić information content (AvgIpc) is 2.37. The molecule has 0 atom stereocenters. The fraction of sp³-hybridized carbons (Fsp3) is 0.333. The zero-order valence-electron chi connectivity index (χ0n) is 11.8. The standard InChI is InChI=1S/C15H19NO4/c1-4-20-12-8-6-5-7-11(12)9-10-13(17)16-15(2,3)14(18)19/h5-10H,4H2,1-3H3,(H,16,17)(H,18,19)/b10-9+. The summed E-state index contributed by atoms with van der Waals surface area (Å²) >= 11 is 0. The summed E-state index contributed by atoms with van der Waals surface area (Å²) in [7, 11) is 0. The van der Waals surface area contributed by atoms with Gasteiger partial charge in [-0.3, -0.25) is 4.79 Å². The van der Waals surface area contributed by atoms with Gasteiger partial charge in [-0.05, 0) is 32.9 Å². The number of rotatable bonds is 6. The van der Waals surface area contributed by atoms with Crippen molar-refractivity contribution in [2.24, 2.45) is 0 Å². The Hall–Kier alpha value is -2.30. The molecule has 0 aliphatic heterocycles. The molecule has 20 heavy (non-hydrogen) atoms. The minimum Gasteiger partial charge on any atom is -0.493 e. The number of hydrogen-bond donors (Lipinski definition) is 2. The van der Waals surface area contributed by atoms with Gasteiger partial charge in [0.15, 0.2) is 0 Å². The number of aliphatic carboxylic acids is 1. The van der Waals surface area contributed by atoms with E-state index >= 15 is 0 Å². The predicted octanol–water partition coefficient (Wildman–Crippen LogP) is 2.08. The van der Waals surface area contributed by atoms with Gasteiger partial charge in [-0.1, -0.05) is 18.2 Å². The Bertz CT molecular complexity index is 520. The maximum absolute atomic E-state index is 11.7. The molecule has 1 rings (SSSR count). The topological polar surface area (TPSA) is 75.6 Å². The molecule has 0 bridgehead atoms. The highest BCUT2D eigenvalue weighted by Gasteiger charge is 2.27. The number of benzene rings is 1. The maximum Gasteiger partial charge on any atom is 0.328 e. The van der Waals surface area contributed by atoms with Gasteiger partial charge in [0.05, 0.1) is 6.61 Å². The first-order valence-electron chi connectivity index (χ1n) is 6.32. The van der Waals surface area contributed by atoms with Gasteiger partial charge in [-0.2, -0.15) is 0 Å². The number of carboxylic acids is 1. The van der Waals surface area contributed by atoms with Crippen LogP contribution in [0.2, 0.25) is 0 Å². The lowest BCUT2D eigenvalue weighted by atomic mass is 10.1. The lowest BCUT2D eigenvalue weighted by molar-refractivity contribution is -0.145. The van der Waals surface area contributed by atoms with Crippen LogP contribution >= 0.6 is 0 Å². The molecule has 1 amide bonds. The molecule has 0 unspecified atom stereocenters. The van der Waals surface area contributed by atoms with E-state index in [1.807, 2.05) is 31.2 Å². The number of carbonyl (C=O) groups is 2. The van der Waals surface area contributed by atoms with Crippen LogP contribution in [0.25, 0.3) is 6.08 Å². The average molecular weight is 277 g/mol. The zero-order chi connectivity index (χ0) is 15.2. The normalized spacial score (nSPS) is 11.3. The summed E-state index contributed by atoms with van der Waals surface area (Å²) in [5, 5.41) is 11.3. The van der Waals surface area contributed by atoms with E-state index in [1.165, 1.54) is 19.9 Å². The molecule has 0 aromatic heterocycles. The third-order valence-corrected chi connectivity index (χ3v) is 2.60. The van der Waals surface area contributed by atoms with Crippen molar-refractivity contribution < 1.29 is 19.4 Å². The summed E-state index contributed by atoms with van der Waals surface area (Å²) in [6, 6.07) is 7.30. The van der Waals surface area contributed by atoms with Gasteiger partial charge in [-0.15, -0.1) is 0 Å². The number of nitrogens with one attached hydrogen (secondary N) is 1. The van der Waals surface area contributed by atoms with Crippen LogP contribution < -0.4 is 10.1 Å². The van der Waals surface area contributed by atoms with Crippen LogP contribution in [-0.2, 0) is 9.59 Å². The molecule has 0 aliphatic carbocycles. The molecule has 0 saturated heterocycles. The first kappa shape index (κ1) is 15.8. The number of amides is 1. The minimum absolute atomic E-state index is 0.469. The molecule has 5 heteroatoms. The molecule has 2 N–H and O–H groups in total. The summed E-state index contributed by atoms with van der Waals surface area (Å²) in [5.41, 5.74) is -0.543. The van der Waals surface area contributed by atoms with E-state index in [4.69, 9.17) is 9.84 Å². The third kappa shape index (κ3) is 4.42. The second-order valence-corrected chi connectivity index (χ2v) is 4.72. The SMILES string of the molecule is CCOc1ccccc1/C=C/C(=O)NC(C)(C)C(=O)O. The summed E-state index contributed by atoms with van der Waals surface area (Å²) in [5.74, 6) is -0.880. The Labute approximate surface area is 118 Å². The van der Waals surface area contributed by atoms with E-state index in [-0.39, 0.29) is 0 Å². The van der Waals surface area contributed by atoms with E-state index in [9.17, 15) is 9.59 Å². The molecular weight excluding hydrogens is 258 g/mol. The van der Waals surface area contributed by atoms with Crippen LogP contribution in [0, 0.1) is 0 Å². The first-order chi connectivity index (χ1) is 9.36. The minimum atomic E-state index is -1.30.